The van der Waals surface area contributed by atoms with Crippen molar-refractivity contribution in [1.29, 1.82) is 0 Å². The highest BCUT2D eigenvalue weighted by molar-refractivity contribution is 5.93. The lowest BCUT2D eigenvalue weighted by Gasteiger charge is -2.32. The van der Waals surface area contributed by atoms with Crippen LogP contribution < -0.4 is 19.7 Å². The normalized spacial score (nSPS) is 15.8. The maximum Gasteiger partial charge on any atom is 0.229 e. The fourth-order valence-corrected chi connectivity index (χ4v) is 4.06. The first kappa shape index (κ1) is 21.6. The molecule has 1 N–H and O–H groups in total. The second-order valence-corrected chi connectivity index (χ2v) is 7.94. The highest BCUT2D eigenvalue weighted by atomic mass is 16.5. The topological polar surface area (TPSA) is 76.6 Å². The third-order valence-corrected chi connectivity index (χ3v) is 5.84. The number of methoxy groups -OCH3 is 2. The average molecular weight is 433 g/mol. The van der Waals surface area contributed by atoms with E-state index >= 15 is 0 Å². The van der Waals surface area contributed by atoms with Gasteiger partial charge in [-0.1, -0.05) is 24.3 Å². The van der Waals surface area contributed by atoms with E-state index in [2.05, 4.69) is 39.5 Å². The fourth-order valence-electron chi connectivity index (χ4n) is 4.06. The molecule has 1 saturated heterocycles. The largest absolute Gasteiger partial charge is 0.493 e. The SMILES string of the molecule is COc1ccc(NC(=O)C2CCCN(c3ccc(-c4ccccc4C)nn3)C2)cc1OC. The van der Waals surface area contributed by atoms with Crippen molar-refractivity contribution in [3.8, 4) is 22.8 Å². The Hall–Kier alpha value is -3.61. The molecular formula is C25H28N4O3. The molecule has 1 fully saturated rings. The Morgan fingerprint density at radius 1 is 1.03 bits per heavy atom. The monoisotopic (exact) mass is 432 g/mol. The van der Waals surface area contributed by atoms with Crippen LogP contribution in [-0.4, -0.2) is 43.4 Å². The molecule has 0 bridgehead atoms. The van der Waals surface area contributed by atoms with Crippen LogP contribution in [0.5, 0.6) is 11.5 Å². The van der Waals surface area contributed by atoms with Crippen molar-refractivity contribution in [2.45, 2.75) is 19.8 Å². The Kier molecular flexibility index (Phi) is 6.54. The van der Waals surface area contributed by atoms with Gasteiger partial charge in [-0.3, -0.25) is 4.79 Å². The summed E-state index contributed by atoms with van der Waals surface area (Å²) in [4.78, 5) is 15.1. The van der Waals surface area contributed by atoms with E-state index in [0.717, 1.165) is 36.5 Å². The molecule has 7 heteroatoms. The molecule has 166 valence electrons. The first-order chi connectivity index (χ1) is 15.6. The van der Waals surface area contributed by atoms with Gasteiger partial charge >= 0.3 is 0 Å². The van der Waals surface area contributed by atoms with Crippen LogP contribution >= 0.6 is 0 Å². The van der Waals surface area contributed by atoms with Crippen molar-refractivity contribution >= 4 is 17.4 Å². The van der Waals surface area contributed by atoms with Crippen LogP contribution in [0.1, 0.15) is 18.4 Å². The van der Waals surface area contributed by atoms with Crippen LogP contribution in [0.2, 0.25) is 0 Å². The number of carbonyl (C=O) groups excluding carboxylic acids is 1. The van der Waals surface area contributed by atoms with Gasteiger partial charge in [-0.2, -0.15) is 0 Å². The van der Waals surface area contributed by atoms with Crippen molar-refractivity contribution in [1.82, 2.24) is 10.2 Å². The molecule has 1 aliphatic heterocycles. The molecule has 2 heterocycles. The molecule has 0 radical (unpaired) electrons. The van der Waals surface area contributed by atoms with E-state index in [0.29, 0.717) is 23.7 Å². The minimum Gasteiger partial charge on any atom is -0.493 e. The van der Waals surface area contributed by atoms with Crippen LogP contribution in [0.4, 0.5) is 11.5 Å². The first-order valence-corrected chi connectivity index (χ1v) is 10.8. The van der Waals surface area contributed by atoms with Gasteiger partial charge in [0.1, 0.15) is 0 Å². The predicted molar refractivity (Wildman–Crippen MR) is 125 cm³/mol. The minimum atomic E-state index is -0.130. The third kappa shape index (κ3) is 4.66. The molecule has 32 heavy (non-hydrogen) atoms. The second kappa shape index (κ2) is 9.68. The molecule has 2 aromatic carbocycles. The van der Waals surface area contributed by atoms with Gasteiger partial charge in [0.25, 0.3) is 0 Å². The zero-order valence-corrected chi connectivity index (χ0v) is 18.7. The number of nitrogens with zero attached hydrogens (tertiary/aromatic N) is 3. The maximum atomic E-state index is 12.9. The summed E-state index contributed by atoms with van der Waals surface area (Å²) in [6.45, 7) is 3.53. The summed E-state index contributed by atoms with van der Waals surface area (Å²) < 4.78 is 10.6. The summed E-state index contributed by atoms with van der Waals surface area (Å²) in [5.74, 6) is 1.87. The quantitative estimate of drug-likeness (QED) is 0.625. The fraction of sp³-hybridized carbons (Fsp3) is 0.320. The second-order valence-electron chi connectivity index (χ2n) is 7.94. The Morgan fingerprint density at radius 2 is 1.84 bits per heavy atom. The number of ether oxygens (including phenoxy) is 2. The summed E-state index contributed by atoms with van der Waals surface area (Å²) >= 11 is 0. The molecule has 0 aliphatic carbocycles. The molecule has 4 rings (SSSR count). The van der Waals surface area contributed by atoms with Crippen molar-refractivity contribution in [3.63, 3.8) is 0 Å². The number of benzene rings is 2. The Morgan fingerprint density at radius 3 is 2.56 bits per heavy atom. The number of anilines is 2. The summed E-state index contributed by atoms with van der Waals surface area (Å²) in [5.41, 5.74) is 3.79. The van der Waals surface area contributed by atoms with Crippen molar-refractivity contribution in [2.75, 3.05) is 37.5 Å². The van der Waals surface area contributed by atoms with E-state index in [1.54, 1.807) is 26.4 Å². The number of aromatic nitrogens is 2. The van der Waals surface area contributed by atoms with Crippen molar-refractivity contribution in [2.24, 2.45) is 5.92 Å². The van der Waals surface area contributed by atoms with Gasteiger partial charge in [-0.25, -0.2) is 0 Å². The maximum absolute atomic E-state index is 12.9. The number of amides is 1. The number of piperidine rings is 1. The first-order valence-electron chi connectivity index (χ1n) is 10.8. The number of rotatable bonds is 6. The van der Waals surface area contributed by atoms with Gasteiger partial charge in [0, 0.05) is 30.4 Å². The summed E-state index contributed by atoms with van der Waals surface area (Å²) in [6, 6.07) is 17.5. The van der Waals surface area contributed by atoms with E-state index in [1.807, 2.05) is 30.3 Å². The molecule has 1 unspecified atom stereocenters. The number of hydrogen-bond donors (Lipinski definition) is 1. The van der Waals surface area contributed by atoms with Crippen LogP contribution in [-0.2, 0) is 4.79 Å². The Balaban J connectivity index is 1.43. The molecule has 0 saturated carbocycles. The van der Waals surface area contributed by atoms with Gasteiger partial charge in [0.2, 0.25) is 5.91 Å². The minimum absolute atomic E-state index is 0.00795. The van der Waals surface area contributed by atoms with Crippen LogP contribution in [0.25, 0.3) is 11.3 Å². The Bertz CT molecular complexity index is 1080. The van der Waals surface area contributed by atoms with Crippen LogP contribution in [0.3, 0.4) is 0 Å². The molecule has 1 aliphatic rings. The molecule has 7 nitrogen and oxygen atoms in total. The molecule has 1 atom stereocenters. The number of carbonyl (C=O) groups is 1. The zero-order valence-electron chi connectivity index (χ0n) is 18.7. The summed E-state index contributed by atoms with van der Waals surface area (Å²) in [7, 11) is 3.16. The standard InChI is InChI=1S/C25H28N4O3/c1-17-7-4-5-9-20(17)21-11-13-24(28-27-21)29-14-6-8-18(16-29)25(30)26-19-10-12-22(31-2)23(15-19)32-3/h4-5,7,9-13,15,18H,6,8,14,16H2,1-3H3,(H,26,30). The van der Waals surface area contributed by atoms with Gasteiger partial charge in [-0.05, 0) is 49.6 Å². The third-order valence-electron chi connectivity index (χ3n) is 5.84. The van der Waals surface area contributed by atoms with Gasteiger partial charge in [-0.15, -0.1) is 10.2 Å². The molecular weight excluding hydrogens is 404 g/mol. The van der Waals surface area contributed by atoms with E-state index < -0.39 is 0 Å². The van der Waals surface area contributed by atoms with E-state index in [1.165, 1.54) is 5.56 Å². The van der Waals surface area contributed by atoms with Crippen molar-refractivity contribution in [3.05, 3.63) is 60.2 Å². The molecule has 3 aromatic rings. The van der Waals surface area contributed by atoms with Gasteiger partial charge in [0.15, 0.2) is 17.3 Å². The number of aryl methyl sites for hydroxylation is 1. The summed E-state index contributed by atoms with van der Waals surface area (Å²) in [6.07, 6.45) is 1.76. The molecule has 1 aromatic heterocycles. The zero-order chi connectivity index (χ0) is 22.5. The van der Waals surface area contributed by atoms with Gasteiger partial charge in [0.05, 0.1) is 25.8 Å². The lowest BCUT2D eigenvalue weighted by Crippen LogP contribution is -2.41. The number of hydrogen-bond acceptors (Lipinski definition) is 6. The van der Waals surface area contributed by atoms with E-state index in [-0.39, 0.29) is 11.8 Å². The van der Waals surface area contributed by atoms with Gasteiger partial charge < -0.3 is 19.7 Å². The summed E-state index contributed by atoms with van der Waals surface area (Å²) in [5, 5.41) is 11.9. The lowest BCUT2D eigenvalue weighted by atomic mass is 9.97. The highest BCUT2D eigenvalue weighted by Gasteiger charge is 2.27. The van der Waals surface area contributed by atoms with Crippen LogP contribution in [0, 0.1) is 12.8 Å². The molecule has 1 amide bonds. The van der Waals surface area contributed by atoms with Crippen LogP contribution in [0.15, 0.2) is 54.6 Å². The smallest absolute Gasteiger partial charge is 0.229 e. The van der Waals surface area contributed by atoms with Crippen molar-refractivity contribution < 1.29 is 14.3 Å². The molecule has 0 spiro atoms. The van der Waals surface area contributed by atoms with E-state index in [4.69, 9.17) is 9.47 Å². The Labute approximate surface area is 188 Å². The average Bonchev–Trinajstić information content (AvgIpc) is 2.84. The van der Waals surface area contributed by atoms with E-state index in [9.17, 15) is 4.79 Å². The highest BCUT2D eigenvalue weighted by Crippen LogP contribution is 2.31. The lowest BCUT2D eigenvalue weighted by molar-refractivity contribution is -0.120. The predicted octanol–water partition coefficient (Wildman–Crippen LogP) is 4.32. The number of nitrogens with one attached hydrogen (secondary N) is 1.